The van der Waals surface area contributed by atoms with Crippen LogP contribution in [0.1, 0.15) is 36.9 Å². The minimum Gasteiger partial charge on any atom is -0.381 e. The summed E-state index contributed by atoms with van der Waals surface area (Å²) >= 11 is 0. The Labute approximate surface area is 136 Å². The number of carbonyl (C=O) groups is 1. The summed E-state index contributed by atoms with van der Waals surface area (Å²) in [5.41, 5.74) is 2.35. The van der Waals surface area contributed by atoms with Crippen molar-refractivity contribution in [1.29, 1.82) is 0 Å². The number of nitrogens with one attached hydrogen (secondary N) is 1. The summed E-state index contributed by atoms with van der Waals surface area (Å²) in [7, 11) is 0. The molecule has 0 bridgehead atoms. The third kappa shape index (κ3) is 3.17. The molecule has 6 nitrogen and oxygen atoms in total. The van der Waals surface area contributed by atoms with Gasteiger partial charge in [-0.3, -0.25) is 4.79 Å². The van der Waals surface area contributed by atoms with Crippen molar-refractivity contribution >= 4 is 11.9 Å². The van der Waals surface area contributed by atoms with Crippen LogP contribution in [-0.2, 0) is 22.4 Å². The zero-order valence-corrected chi connectivity index (χ0v) is 13.5. The summed E-state index contributed by atoms with van der Waals surface area (Å²) in [5, 5.41) is 3.19. The lowest BCUT2D eigenvalue weighted by atomic mass is 9.92. The fourth-order valence-electron chi connectivity index (χ4n) is 3.75. The van der Waals surface area contributed by atoms with Crippen LogP contribution >= 0.6 is 0 Å². The zero-order chi connectivity index (χ0) is 15.6. The van der Waals surface area contributed by atoms with Crippen molar-refractivity contribution in [1.82, 2.24) is 15.3 Å². The fraction of sp³-hybridized carbons (Fsp3) is 0.706. The highest BCUT2D eigenvalue weighted by atomic mass is 16.5. The van der Waals surface area contributed by atoms with Crippen molar-refractivity contribution in [3.63, 3.8) is 0 Å². The Morgan fingerprint density at radius 2 is 2.17 bits per heavy atom. The van der Waals surface area contributed by atoms with Gasteiger partial charge in [-0.2, -0.15) is 0 Å². The number of aryl methyl sites for hydroxylation is 1. The molecule has 0 aromatic carbocycles. The third-order valence-electron chi connectivity index (χ3n) is 5.17. The number of anilines is 1. The standard InChI is InChI=1S/C17H24N4O2/c22-16(12-5-8-23-11-12)19-14-3-4-15-13(9-14)10-18-17(20-15)21-6-1-2-7-21/h10,12,14H,1-9,11H2,(H,19,22). The van der Waals surface area contributed by atoms with E-state index in [0.717, 1.165) is 50.4 Å². The molecular weight excluding hydrogens is 292 g/mol. The quantitative estimate of drug-likeness (QED) is 0.904. The average Bonchev–Trinajstić information content (AvgIpc) is 3.28. The number of carbonyl (C=O) groups excluding carboxylic acids is 1. The number of fused-ring (bicyclic) bond motifs is 1. The van der Waals surface area contributed by atoms with Crippen LogP contribution in [0.25, 0.3) is 0 Å². The molecular formula is C17H24N4O2. The molecule has 1 aromatic rings. The maximum Gasteiger partial charge on any atom is 0.225 e. The van der Waals surface area contributed by atoms with E-state index in [4.69, 9.17) is 9.72 Å². The minimum atomic E-state index is 0.0326. The molecule has 124 valence electrons. The molecule has 2 fully saturated rings. The van der Waals surface area contributed by atoms with Crippen LogP contribution in [0, 0.1) is 5.92 Å². The lowest BCUT2D eigenvalue weighted by Crippen LogP contribution is -2.42. The van der Waals surface area contributed by atoms with Gasteiger partial charge in [-0.25, -0.2) is 9.97 Å². The third-order valence-corrected chi connectivity index (χ3v) is 5.17. The fourth-order valence-corrected chi connectivity index (χ4v) is 3.75. The van der Waals surface area contributed by atoms with Gasteiger partial charge in [0.25, 0.3) is 0 Å². The number of aromatic nitrogens is 2. The van der Waals surface area contributed by atoms with E-state index in [-0.39, 0.29) is 17.9 Å². The van der Waals surface area contributed by atoms with E-state index in [9.17, 15) is 4.79 Å². The maximum atomic E-state index is 12.2. The Kier molecular flexibility index (Phi) is 4.16. The second kappa shape index (κ2) is 6.43. The number of rotatable bonds is 3. The monoisotopic (exact) mass is 316 g/mol. The predicted molar refractivity (Wildman–Crippen MR) is 86.4 cm³/mol. The molecule has 6 heteroatoms. The lowest BCUT2D eigenvalue weighted by molar-refractivity contribution is -0.125. The minimum absolute atomic E-state index is 0.0326. The summed E-state index contributed by atoms with van der Waals surface area (Å²) in [6.07, 6.45) is 8.01. The van der Waals surface area contributed by atoms with Crippen LogP contribution in [0.2, 0.25) is 0 Å². The normalized spacial score (nSPS) is 27.0. The molecule has 0 saturated carbocycles. The van der Waals surface area contributed by atoms with Crippen LogP contribution in [0.15, 0.2) is 6.20 Å². The number of nitrogens with zero attached hydrogens (tertiary/aromatic N) is 3. The van der Waals surface area contributed by atoms with Gasteiger partial charge in [-0.15, -0.1) is 0 Å². The predicted octanol–water partition coefficient (Wildman–Crippen LogP) is 1.09. The van der Waals surface area contributed by atoms with Gasteiger partial charge in [0.05, 0.1) is 12.5 Å². The molecule has 2 atom stereocenters. The van der Waals surface area contributed by atoms with Crippen LogP contribution in [0.5, 0.6) is 0 Å². The number of hydrogen-bond donors (Lipinski definition) is 1. The molecule has 0 radical (unpaired) electrons. The van der Waals surface area contributed by atoms with Crippen LogP contribution in [-0.4, -0.2) is 48.2 Å². The first-order valence-corrected chi connectivity index (χ1v) is 8.77. The Morgan fingerprint density at radius 1 is 1.30 bits per heavy atom. The highest BCUT2D eigenvalue weighted by Gasteiger charge is 2.28. The van der Waals surface area contributed by atoms with E-state index < -0.39 is 0 Å². The van der Waals surface area contributed by atoms with Crippen LogP contribution in [0.4, 0.5) is 5.95 Å². The zero-order valence-electron chi connectivity index (χ0n) is 13.5. The summed E-state index contributed by atoms with van der Waals surface area (Å²) in [6, 6.07) is 0.205. The highest BCUT2D eigenvalue weighted by molar-refractivity contribution is 5.79. The van der Waals surface area contributed by atoms with Crippen molar-refractivity contribution in [2.45, 2.75) is 44.6 Å². The van der Waals surface area contributed by atoms with E-state index in [1.807, 2.05) is 6.20 Å². The van der Waals surface area contributed by atoms with Crippen molar-refractivity contribution in [2.24, 2.45) is 5.92 Å². The van der Waals surface area contributed by atoms with E-state index in [1.54, 1.807) is 0 Å². The summed E-state index contributed by atoms with van der Waals surface area (Å²) in [4.78, 5) is 23.8. The Bertz CT molecular complexity index is 580. The van der Waals surface area contributed by atoms with Gasteiger partial charge >= 0.3 is 0 Å². The largest absolute Gasteiger partial charge is 0.381 e. The maximum absolute atomic E-state index is 12.2. The smallest absolute Gasteiger partial charge is 0.225 e. The molecule has 1 amide bonds. The molecule has 23 heavy (non-hydrogen) atoms. The second-order valence-electron chi connectivity index (χ2n) is 6.84. The number of hydrogen-bond acceptors (Lipinski definition) is 5. The molecule has 4 rings (SSSR count). The molecule has 1 N–H and O–H groups in total. The molecule has 3 heterocycles. The molecule has 2 aliphatic heterocycles. The van der Waals surface area contributed by atoms with E-state index >= 15 is 0 Å². The van der Waals surface area contributed by atoms with Crippen molar-refractivity contribution in [3.8, 4) is 0 Å². The molecule has 1 aromatic heterocycles. The second-order valence-corrected chi connectivity index (χ2v) is 6.84. The molecule has 0 spiro atoms. The Balaban J connectivity index is 1.40. The van der Waals surface area contributed by atoms with Gasteiger partial charge in [0.1, 0.15) is 0 Å². The van der Waals surface area contributed by atoms with Gasteiger partial charge in [0, 0.05) is 37.6 Å². The Morgan fingerprint density at radius 3 is 2.96 bits per heavy atom. The Hall–Kier alpha value is -1.69. The molecule has 3 aliphatic rings. The topological polar surface area (TPSA) is 67.4 Å². The van der Waals surface area contributed by atoms with E-state index in [2.05, 4.69) is 15.2 Å². The lowest BCUT2D eigenvalue weighted by Gasteiger charge is -2.26. The number of ether oxygens (including phenoxy) is 1. The van der Waals surface area contributed by atoms with Crippen molar-refractivity contribution in [3.05, 3.63) is 17.5 Å². The van der Waals surface area contributed by atoms with Crippen molar-refractivity contribution < 1.29 is 9.53 Å². The number of amides is 1. The molecule has 2 unspecified atom stereocenters. The first-order chi connectivity index (χ1) is 11.3. The van der Waals surface area contributed by atoms with Gasteiger partial charge in [0.2, 0.25) is 11.9 Å². The first-order valence-electron chi connectivity index (χ1n) is 8.77. The van der Waals surface area contributed by atoms with Gasteiger partial charge < -0.3 is 15.0 Å². The van der Waals surface area contributed by atoms with Crippen LogP contribution in [0.3, 0.4) is 0 Å². The van der Waals surface area contributed by atoms with E-state index in [0.29, 0.717) is 13.2 Å². The SMILES string of the molecule is O=C(NC1CCc2nc(N3CCCC3)ncc2C1)C1CCOC1. The van der Waals surface area contributed by atoms with Gasteiger partial charge in [-0.1, -0.05) is 0 Å². The molecule has 1 aliphatic carbocycles. The molecule has 2 saturated heterocycles. The average molecular weight is 316 g/mol. The van der Waals surface area contributed by atoms with Crippen LogP contribution < -0.4 is 10.2 Å². The van der Waals surface area contributed by atoms with Crippen molar-refractivity contribution in [2.75, 3.05) is 31.2 Å². The summed E-state index contributed by atoms with van der Waals surface area (Å²) < 4.78 is 5.30. The highest BCUT2D eigenvalue weighted by Crippen LogP contribution is 2.23. The van der Waals surface area contributed by atoms with Gasteiger partial charge in [-0.05, 0) is 44.1 Å². The van der Waals surface area contributed by atoms with E-state index in [1.165, 1.54) is 18.4 Å². The summed E-state index contributed by atoms with van der Waals surface area (Å²) in [6.45, 7) is 3.41. The first kappa shape index (κ1) is 14.9. The summed E-state index contributed by atoms with van der Waals surface area (Å²) in [5.74, 6) is 1.06. The van der Waals surface area contributed by atoms with Gasteiger partial charge in [0.15, 0.2) is 0 Å².